The normalized spacial score (nSPS) is 9.92. The van der Waals surface area contributed by atoms with Crippen molar-refractivity contribution in [1.29, 1.82) is 0 Å². The molecule has 0 aliphatic heterocycles. The van der Waals surface area contributed by atoms with Crippen LogP contribution >= 0.6 is 11.3 Å². The van der Waals surface area contributed by atoms with Crippen molar-refractivity contribution in [3.8, 4) is 11.3 Å². The Bertz CT molecular complexity index is 705. The van der Waals surface area contributed by atoms with E-state index in [1.807, 2.05) is 35.7 Å². The molecule has 0 amide bonds. The van der Waals surface area contributed by atoms with Crippen molar-refractivity contribution >= 4 is 28.4 Å². The van der Waals surface area contributed by atoms with E-state index < -0.39 is 11.9 Å². The second-order valence-corrected chi connectivity index (χ2v) is 5.41. The molecule has 0 aliphatic rings. The van der Waals surface area contributed by atoms with Gasteiger partial charge in [-0.2, -0.15) is 0 Å². The van der Waals surface area contributed by atoms with Crippen molar-refractivity contribution in [2.24, 2.45) is 0 Å². The number of hydrogen-bond donors (Lipinski definition) is 1. The lowest BCUT2D eigenvalue weighted by Crippen LogP contribution is -2.19. The highest BCUT2D eigenvalue weighted by Gasteiger charge is 2.21. The second kappa shape index (κ2) is 8.83. The van der Waals surface area contributed by atoms with Crippen LogP contribution in [0, 0.1) is 0 Å². The number of aromatic nitrogens is 1. The zero-order chi connectivity index (χ0) is 17.4. The highest BCUT2D eigenvalue weighted by Crippen LogP contribution is 2.24. The number of benzene rings is 1. The maximum atomic E-state index is 11.9. The fourth-order valence-corrected chi connectivity index (χ4v) is 2.52. The van der Waals surface area contributed by atoms with Crippen LogP contribution in [0.1, 0.15) is 13.8 Å². The Hall–Kier alpha value is -2.67. The summed E-state index contributed by atoms with van der Waals surface area (Å²) in [6.07, 6.45) is 1.27. The summed E-state index contributed by atoms with van der Waals surface area (Å²) in [5.41, 5.74) is 1.60. The van der Waals surface area contributed by atoms with Crippen LogP contribution in [-0.2, 0) is 19.1 Å². The molecule has 6 nitrogen and oxygen atoms in total. The molecule has 0 saturated heterocycles. The highest BCUT2D eigenvalue weighted by atomic mass is 32.1. The Kier molecular flexibility index (Phi) is 6.51. The van der Waals surface area contributed by atoms with Crippen molar-refractivity contribution in [2.45, 2.75) is 13.8 Å². The molecule has 2 rings (SSSR count). The zero-order valence-electron chi connectivity index (χ0n) is 13.4. The third-order valence-electron chi connectivity index (χ3n) is 2.90. The summed E-state index contributed by atoms with van der Waals surface area (Å²) in [4.78, 5) is 28.1. The van der Waals surface area contributed by atoms with Gasteiger partial charge in [0.1, 0.15) is 0 Å². The number of thiazole rings is 1. The van der Waals surface area contributed by atoms with Gasteiger partial charge in [-0.25, -0.2) is 14.6 Å². The summed E-state index contributed by atoms with van der Waals surface area (Å²) in [6, 6.07) is 9.71. The molecule has 1 aromatic carbocycles. The molecule has 7 heteroatoms. The molecule has 1 heterocycles. The lowest BCUT2D eigenvalue weighted by atomic mass is 10.2. The molecule has 0 atom stereocenters. The average molecular weight is 346 g/mol. The summed E-state index contributed by atoms with van der Waals surface area (Å²) < 4.78 is 9.74. The fourth-order valence-electron chi connectivity index (χ4n) is 1.83. The van der Waals surface area contributed by atoms with E-state index in [0.717, 1.165) is 11.3 Å². The Labute approximate surface area is 144 Å². The van der Waals surface area contributed by atoms with E-state index in [4.69, 9.17) is 9.47 Å². The number of ether oxygens (including phenoxy) is 2. The molecular formula is C17H18N2O4S. The van der Waals surface area contributed by atoms with E-state index in [-0.39, 0.29) is 18.8 Å². The molecule has 0 unspecified atom stereocenters. The lowest BCUT2D eigenvalue weighted by molar-refractivity contribution is -0.146. The van der Waals surface area contributed by atoms with Crippen LogP contribution < -0.4 is 5.32 Å². The van der Waals surface area contributed by atoms with Crippen LogP contribution in [0.25, 0.3) is 11.3 Å². The van der Waals surface area contributed by atoms with Crippen molar-refractivity contribution < 1.29 is 19.1 Å². The van der Waals surface area contributed by atoms with E-state index in [0.29, 0.717) is 5.13 Å². The number of hydrogen-bond acceptors (Lipinski definition) is 7. The minimum Gasteiger partial charge on any atom is -0.462 e. The van der Waals surface area contributed by atoms with E-state index >= 15 is 0 Å². The van der Waals surface area contributed by atoms with Gasteiger partial charge in [0.15, 0.2) is 10.7 Å². The highest BCUT2D eigenvalue weighted by molar-refractivity contribution is 7.14. The van der Waals surface area contributed by atoms with Crippen LogP contribution in [0.15, 0.2) is 47.5 Å². The predicted molar refractivity (Wildman–Crippen MR) is 92.5 cm³/mol. The lowest BCUT2D eigenvalue weighted by Gasteiger charge is -2.06. The maximum absolute atomic E-state index is 11.9. The molecule has 0 radical (unpaired) electrons. The number of anilines is 1. The van der Waals surface area contributed by atoms with Crippen LogP contribution in [0.3, 0.4) is 0 Å². The molecule has 126 valence electrons. The van der Waals surface area contributed by atoms with Gasteiger partial charge in [-0.3, -0.25) is 0 Å². The van der Waals surface area contributed by atoms with Gasteiger partial charge in [-0.05, 0) is 13.8 Å². The van der Waals surface area contributed by atoms with Crippen molar-refractivity contribution in [1.82, 2.24) is 4.98 Å². The van der Waals surface area contributed by atoms with Crippen molar-refractivity contribution in [2.75, 3.05) is 18.5 Å². The fraction of sp³-hybridized carbons (Fsp3) is 0.235. The van der Waals surface area contributed by atoms with E-state index in [1.165, 1.54) is 17.5 Å². The SMILES string of the molecule is CCOC(=O)C(=CNc1nc(-c2ccccc2)cs1)C(=O)OCC. The molecule has 1 aromatic heterocycles. The first-order valence-corrected chi connectivity index (χ1v) is 8.35. The molecule has 0 fully saturated rings. The molecule has 2 aromatic rings. The van der Waals surface area contributed by atoms with Crippen molar-refractivity contribution in [3.05, 3.63) is 47.5 Å². The number of esters is 2. The molecular weight excluding hydrogens is 328 g/mol. The molecule has 0 saturated carbocycles. The first-order valence-electron chi connectivity index (χ1n) is 7.47. The van der Waals surface area contributed by atoms with Gasteiger partial charge in [-0.1, -0.05) is 30.3 Å². The zero-order valence-corrected chi connectivity index (χ0v) is 14.3. The Balaban J connectivity index is 2.15. The predicted octanol–water partition coefficient (Wildman–Crippen LogP) is 3.23. The number of carbonyl (C=O) groups excluding carboxylic acids is 2. The van der Waals surface area contributed by atoms with Gasteiger partial charge in [0, 0.05) is 17.1 Å². The van der Waals surface area contributed by atoms with Crippen LogP contribution in [0.4, 0.5) is 5.13 Å². The summed E-state index contributed by atoms with van der Waals surface area (Å²) in [5.74, 6) is -1.47. The quantitative estimate of drug-likeness (QED) is 0.359. The Morgan fingerprint density at radius 2 is 1.75 bits per heavy atom. The number of carbonyl (C=O) groups is 2. The smallest absolute Gasteiger partial charge is 0.347 e. The number of nitrogens with zero attached hydrogens (tertiary/aromatic N) is 1. The Morgan fingerprint density at radius 3 is 2.33 bits per heavy atom. The summed E-state index contributed by atoms with van der Waals surface area (Å²) in [6.45, 7) is 3.68. The summed E-state index contributed by atoms with van der Waals surface area (Å²) in [7, 11) is 0. The van der Waals surface area contributed by atoms with Gasteiger partial charge in [-0.15, -0.1) is 11.3 Å². The number of rotatable bonds is 7. The largest absolute Gasteiger partial charge is 0.462 e. The first-order chi connectivity index (χ1) is 11.7. The van der Waals surface area contributed by atoms with Gasteiger partial charge in [0.05, 0.1) is 18.9 Å². The molecule has 24 heavy (non-hydrogen) atoms. The second-order valence-electron chi connectivity index (χ2n) is 4.55. The average Bonchev–Trinajstić information content (AvgIpc) is 3.05. The minimum atomic E-state index is -0.733. The van der Waals surface area contributed by atoms with Gasteiger partial charge in [0.25, 0.3) is 0 Å². The number of nitrogens with one attached hydrogen (secondary N) is 1. The Morgan fingerprint density at radius 1 is 1.12 bits per heavy atom. The van der Waals surface area contributed by atoms with Crippen LogP contribution in [0.5, 0.6) is 0 Å². The van der Waals surface area contributed by atoms with E-state index in [1.54, 1.807) is 13.8 Å². The third kappa shape index (κ3) is 4.66. The molecule has 0 bridgehead atoms. The van der Waals surface area contributed by atoms with Crippen molar-refractivity contribution in [3.63, 3.8) is 0 Å². The topological polar surface area (TPSA) is 77.5 Å². The molecule has 1 N–H and O–H groups in total. The minimum absolute atomic E-state index is 0.172. The molecule has 0 aliphatic carbocycles. The standard InChI is InChI=1S/C17H18N2O4S/c1-3-22-15(20)13(16(21)23-4-2)10-18-17-19-14(11-24-17)12-8-6-5-7-9-12/h5-11H,3-4H2,1-2H3,(H,18,19). The van der Waals surface area contributed by atoms with E-state index in [2.05, 4.69) is 10.3 Å². The van der Waals surface area contributed by atoms with Crippen LogP contribution in [0.2, 0.25) is 0 Å². The van der Waals surface area contributed by atoms with Crippen LogP contribution in [-0.4, -0.2) is 30.1 Å². The maximum Gasteiger partial charge on any atom is 0.347 e. The van der Waals surface area contributed by atoms with Gasteiger partial charge >= 0.3 is 11.9 Å². The van der Waals surface area contributed by atoms with Gasteiger partial charge in [0.2, 0.25) is 0 Å². The summed E-state index contributed by atoms with van der Waals surface area (Å²) >= 11 is 1.37. The molecule has 0 spiro atoms. The monoisotopic (exact) mass is 346 g/mol. The first kappa shape index (κ1) is 17.7. The van der Waals surface area contributed by atoms with E-state index in [9.17, 15) is 9.59 Å². The van der Waals surface area contributed by atoms with Gasteiger partial charge < -0.3 is 14.8 Å². The third-order valence-corrected chi connectivity index (χ3v) is 3.68. The summed E-state index contributed by atoms with van der Waals surface area (Å²) in [5, 5.41) is 5.30.